The molecule has 0 spiro atoms. The average Bonchev–Trinajstić information content (AvgIpc) is 2.90. The molecule has 0 aromatic rings. The van der Waals surface area contributed by atoms with Crippen LogP contribution in [0.5, 0.6) is 0 Å². The van der Waals surface area contributed by atoms with Gasteiger partial charge in [0, 0.05) is 12.6 Å². The van der Waals surface area contributed by atoms with E-state index in [1.54, 1.807) is 0 Å². The summed E-state index contributed by atoms with van der Waals surface area (Å²) in [5, 5.41) is 3.57. The van der Waals surface area contributed by atoms with E-state index in [1.807, 2.05) is 0 Å². The maximum absolute atomic E-state index is 3.57. The molecule has 0 amide bonds. The van der Waals surface area contributed by atoms with Gasteiger partial charge in [0.25, 0.3) is 0 Å². The minimum atomic E-state index is 0.761. The van der Waals surface area contributed by atoms with E-state index in [2.05, 4.69) is 22.2 Å². The highest BCUT2D eigenvalue weighted by molar-refractivity contribution is 4.77. The molecule has 1 unspecified atom stereocenters. The summed E-state index contributed by atoms with van der Waals surface area (Å²) in [6, 6.07) is 0.761. The smallest absolute Gasteiger partial charge is 0.0195 e. The summed E-state index contributed by atoms with van der Waals surface area (Å²) in [7, 11) is 2.27. The van der Waals surface area contributed by atoms with Crippen LogP contribution in [0.3, 0.4) is 0 Å². The maximum atomic E-state index is 3.57. The van der Waals surface area contributed by atoms with Crippen LogP contribution in [-0.4, -0.2) is 62.2 Å². The van der Waals surface area contributed by atoms with E-state index in [0.717, 1.165) is 6.04 Å². The zero-order valence-corrected chi connectivity index (χ0v) is 10.7. The Balaban J connectivity index is 1.51. The lowest BCUT2D eigenvalue weighted by molar-refractivity contribution is 0.264. The van der Waals surface area contributed by atoms with Gasteiger partial charge in [-0.25, -0.2) is 0 Å². The highest BCUT2D eigenvalue weighted by Crippen LogP contribution is 2.09. The number of rotatable bonds is 6. The third-order valence-corrected chi connectivity index (χ3v) is 3.91. The fourth-order valence-electron chi connectivity index (χ4n) is 2.95. The summed E-state index contributed by atoms with van der Waals surface area (Å²) in [6.45, 7) is 7.71. The quantitative estimate of drug-likeness (QED) is 0.732. The van der Waals surface area contributed by atoms with Crippen molar-refractivity contribution >= 4 is 0 Å². The van der Waals surface area contributed by atoms with Crippen LogP contribution in [-0.2, 0) is 0 Å². The van der Waals surface area contributed by atoms with Gasteiger partial charge in [-0.3, -0.25) is 0 Å². The Morgan fingerprint density at radius 3 is 2.75 bits per heavy atom. The Labute approximate surface area is 100 Å². The van der Waals surface area contributed by atoms with Gasteiger partial charge in [0.1, 0.15) is 0 Å². The first-order valence-corrected chi connectivity index (χ1v) is 6.99. The lowest BCUT2D eigenvalue weighted by atomic mass is 10.2. The molecule has 16 heavy (non-hydrogen) atoms. The fourth-order valence-corrected chi connectivity index (χ4v) is 2.95. The van der Waals surface area contributed by atoms with Crippen LogP contribution in [0, 0.1) is 0 Å². The van der Waals surface area contributed by atoms with E-state index in [4.69, 9.17) is 0 Å². The van der Waals surface area contributed by atoms with Crippen LogP contribution in [0.4, 0.5) is 0 Å². The van der Waals surface area contributed by atoms with E-state index in [1.165, 1.54) is 71.4 Å². The Kier molecular flexibility index (Phi) is 5.07. The van der Waals surface area contributed by atoms with Gasteiger partial charge in [0.2, 0.25) is 0 Å². The Morgan fingerprint density at radius 1 is 1.25 bits per heavy atom. The molecule has 2 saturated heterocycles. The van der Waals surface area contributed by atoms with Crippen molar-refractivity contribution in [3.63, 3.8) is 0 Å². The van der Waals surface area contributed by atoms with Gasteiger partial charge in [-0.15, -0.1) is 0 Å². The lowest BCUT2D eigenvalue weighted by Crippen LogP contribution is -2.36. The number of hydrogen-bond acceptors (Lipinski definition) is 3. The van der Waals surface area contributed by atoms with E-state index in [-0.39, 0.29) is 0 Å². The molecular formula is C13H27N3. The first-order chi connectivity index (χ1) is 7.84. The van der Waals surface area contributed by atoms with Gasteiger partial charge in [-0.1, -0.05) is 0 Å². The van der Waals surface area contributed by atoms with E-state index >= 15 is 0 Å². The molecule has 1 atom stereocenters. The molecule has 0 bridgehead atoms. The summed E-state index contributed by atoms with van der Waals surface area (Å²) in [4.78, 5) is 5.11. The molecular weight excluding hydrogens is 198 g/mol. The SMILES string of the molecule is CN(CCCN1CCCC1)CC1CCCN1. The molecule has 2 fully saturated rings. The van der Waals surface area contributed by atoms with Gasteiger partial charge in [0.05, 0.1) is 0 Å². The third kappa shape index (κ3) is 4.04. The fraction of sp³-hybridized carbons (Fsp3) is 1.00. The Hall–Kier alpha value is -0.120. The van der Waals surface area contributed by atoms with E-state index in [0.29, 0.717) is 0 Å². The summed E-state index contributed by atoms with van der Waals surface area (Å²) in [5.74, 6) is 0. The second-order valence-corrected chi connectivity index (χ2v) is 5.46. The zero-order chi connectivity index (χ0) is 11.2. The second kappa shape index (κ2) is 6.58. The van der Waals surface area contributed by atoms with E-state index < -0.39 is 0 Å². The molecule has 2 rings (SSSR count). The molecule has 0 radical (unpaired) electrons. The lowest BCUT2D eigenvalue weighted by Gasteiger charge is -2.22. The first kappa shape index (κ1) is 12.3. The van der Waals surface area contributed by atoms with Crippen molar-refractivity contribution in [1.29, 1.82) is 0 Å². The van der Waals surface area contributed by atoms with Gasteiger partial charge < -0.3 is 15.1 Å². The molecule has 94 valence electrons. The molecule has 2 aliphatic heterocycles. The van der Waals surface area contributed by atoms with Gasteiger partial charge in [-0.05, 0) is 71.9 Å². The van der Waals surface area contributed by atoms with Crippen LogP contribution in [0.25, 0.3) is 0 Å². The Bertz CT molecular complexity index is 184. The highest BCUT2D eigenvalue weighted by atomic mass is 15.2. The average molecular weight is 225 g/mol. The number of likely N-dealkylation sites (N-methyl/N-ethyl adjacent to an activating group) is 1. The summed E-state index contributed by atoms with van der Waals surface area (Å²) < 4.78 is 0. The minimum absolute atomic E-state index is 0.761. The predicted octanol–water partition coefficient (Wildman–Crippen LogP) is 1.16. The van der Waals surface area contributed by atoms with Crippen LogP contribution in [0.2, 0.25) is 0 Å². The van der Waals surface area contributed by atoms with Gasteiger partial charge in [-0.2, -0.15) is 0 Å². The van der Waals surface area contributed by atoms with Crippen molar-refractivity contribution in [1.82, 2.24) is 15.1 Å². The zero-order valence-electron chi connectivity index (χ0n) is 10.7. The molecule has 3 nitrogen and oxygen atoms in total. The monoisotopic (exact) mass is 225 g/mol. The Morgan fingerprint density at radius 2 is 2.06 bits per heavy atom. The van der Waals surface area contributed by atoms with Crippen molar-refractivity contribution in [3.05, 3.63) is 0 Å². The van der Waals surface area contributed by atoms with Crippen LogP contribution >= 0.6 is 0 Å². The first-order valence-electron chi connectivity index (χ1n) is 6.99. The number of nitrogens with one attached hydrogen (secondary N) is 1. The molecule has 0 saturated carbocycles. The van der Waals surface area contributed by atoms with Crippen molar-refractivity contribution in [2.24, 2.45) is 0 Å². The predicted molar refractivity (Wildman–Crippen MR) is 68.8 cm³/mol. The molecule has 0 aromatic heterocycles. The molecule has 0 aromatic carbocycles. The van der Waals surface area contributed by atoms with Crippen LogP contribution in [0.1, 0.15) is 32.1 Å². The summed E-state index contributed by atoms with van der Waals surface area (Å²) in [5.41, 5.74) is 0. The van der Waals surface area contributed by atoms with Crippen LogP contribution < -0.4 is 5.32 Å². The largest absolute Gasteiger partial charge is 0.313 e. The van der Waals surface area contributed by atoms with Gasteiger partial charge >= 0.3 is 0 Å². The molecule has 2 aliphatic rings. The van der Waals surface area contributed by atoms with Crippen molar-refractivity contribution in [3.8, 4) is 0 Å². The number of likely N-dealkylation sites (tertiary alicyclic amines) is 1. The van der Waals surface area contributed by atoms with Crippen molar-refractivity contribution < 1.29 is 0 Å². The van der Waals surface area contributed by atoms with E-state index in [9.17, 15) is 0 Å². The van der Waals surface area contributed by atoms with Crippen LogP contribution in [0.15, 0.2) is 0 Å². The standard InChI is InChI=1S/C13H27N3/c1-15(12-13-6-4-7-14-13)8-5-11-16-9-2-3-10-16/h13-14H,2-12H2,1H3. The normalized spacial score (nSPS) is 27.0. The summed E-state index contributed by atoms with van der Waals surface area (Å²) >= 11 is 0. The summed E-state index contributed by atoms with van der Waals surface area (Å²) in [6.07, 6.45) is 6.91. The van der Waals surface area contributed by atoms with Gasteiger partial charge in [0.15, 0.2) is 0 Å². The highest BCUT2D eigenvalue weighted by Gasteiger charge is 2.16. The number of hydrogen-bond donors (Lipinski definition) is 1. The maximum Gasteiger partial charge on any atom is 0.0195 e. The topological polar surface area (TPSA) is 18.5 Å². The minimum Gasteiger partial charge on any atom is -0.313 e. The molecule has 3 heteroatoms. The van der Waals surface area contributed by atoms with Crippen molar-refractivity contribution in [2.45, 2.75) is 38.1 Å². The second-order valence-electron chi connectivity index (χ2n) is 5.46. The number of nitrogens with zero attached hydrogens (tertiary/aromatic N) is 2. The molecule has 0 aliphatic carbocycles. The van der Waals surface area contributed by atoms with Crippen molar-refractivity contribution in [2.75, 3.05) is 46.3 Å². The third-order valence-electron chi connectivity index (χ3n) is 3.91. The molecule has 2 heterocycles. The molecule has 1 N–H and O–H groups in total.